The summed E-state index contributed by atoms with van der Waals surface area (Å²) < 4.78 is 11.6. The molecule has 0 amide bonds. The lowest BCUT2D eigenvalue weighted by molar-refractivity contribution is -0.0815. The second kappa shape index (κ2) is 5.18. The molecule has 0 aromatic rings. The quantitative estimate of drug-likeness (QED) is 0.674. The van der Waals surface area contributed by atoms with E-state index in [9.17, 15) is 0 Å². The Kier molecular flexibility index (Phi) is 4.38. The lowest BCUT2D eigenvalue weighted by atomic mass is 10.3. The topological polar surface area (TPSA) is 34.1 Å². The second-order valence-electron chi connectivity index (χ2n) is 4.71. The van der Waals surface area contributed by atoms with Crippen molar-refractivity contribution in [2.75, 3.05) is 6.73 Å². The van der Waals surface area contributed by atoms with Crippen molar-refractivity contribution in [2.45, 2.75) is 58.5 Å². The van der Waals surface area contributed by atoms with Gasteiger partial charge in [0, 0.05) is 0 Å². The Labute approximate surface area is 99.7 Å². The fourth-order valence-corrected chi connectivity index (χ4v) is 5.17. The van der Waals surface area contributed by atoms with E-state index >= 15 is 0 Å². The van der Waals surface area contributed by atoms with Crippen LogP contribution in [-0.4, -0.2) is 32.2 Å². The second-order valence-corrected chi connectivity index (χ2v) is 9.40. The van der Waals surface area contributed by atoms with Crippen LogP contribution in [0, 0.1) is 0 Å². The maximum atomic E-state index is 6.43. The van der Waals surface area contributed by atoms with Crippen molar-refractivity contribution in [3.05, 3.63) is 0 Å². The van der Waals surface area contributed by atoms with Crippen molar-refractivity contribution in [3.8, 4) is 0 Å². The Bertz CT molecular complexity index is 244. The van der Waals surface area contributed by atoms with Gasteiger partial charge in [0.15, 0.2) is 21.4 Å². The summed E-state index contributed by atoms with van der Waals surface area (Å²) >= 11 is 0. The fraction of sp³-hybridized carbons (Fsp3) is 0.909. The number of hydrazone groups is 1. The van der Waals surface area contributed by atoms with Crippen LogP contribution in [0.15, 0.2) is 5.10 Å². The van der Waals surface area contributed by atoms with E-state index in [1.54, 1.807) is 0 Å². The zero-order valence-electron chi connectivity index (χ0n) is 11.1. The molecule has 4 nitrogen and oxygen atoms in total. The number of hydrogen-bond donors (Lipinski definition) is 0. The molecule has 1 aliphatic heterocycles. The van der Waals surface area contributed by atoms with E-state index in [4.69, 9.17) is 9.16 Å². The van der Waals surface area contributed by atoms with Gasteiger partial charge in [-0.25, -0.2) is 5.01 Å². The lowest BCUT2D eigenvalue weighted by Crippen LogP contribution is -2.51. The Hall–Kier alpha value is -0.553. The van der Waals surface area contributed by atoms with Crippen molar-refractivity contribution < 1.29 is 9.16 Å². The molecule has 0 atom stereocenters. The molecule has 0 aromatic carbocycles. The molecule has 0 saturated heterocycles. The van der Waals surface area contributed by atoms with Crippen molar-refractivity contribution >= 4 is 14.7 Å². The maximum absolute atomic E-state index is 6.43. The van der Waals surface area contributed by atoms with Gasteiger partial charge in [-0.2, -0.15) is 0 Å². The number of nitrogens with zero attached hydrogens (tertiary/aromatic N) is 2. The first-order chi connectivity index (χ1) is 7.49. The van der Waals surface area contributed by atoms with Gasteiger partial charge < -0.3 is 9.16 Å². The first kappa shape index (κ1) is 13.5. The summed E-state index contributed by atoms with van der Waals surface area (Å²) in [7, 11) is -1.59. The van der Waals surface area contributed by atoms with Crippen LogP contribution in [0.5, 0.6) is 0 Å². The highest BCUT2D eigenvalue weighted by Gasteiger charge is 2.39. The molecule has 0 unspecified atom stereocenters. The third-order valence-corrected chi connectivity index (χ3v) is 8.28. The third kappa shape index (κ3) is 2.77. The molecule has 0 saturated carbocycles. The number of ether oxygens (including phenoxy) is 1. The van der Waals surface area contributed by atoms with Gasteiger partial charge in [0.25, 0.3) is 0 Å². The fourth-order valence-electron chi connectivity index (χ4n) is 2.07. The van der Waals surface area contributed by atoms with E-state index in [1.165, 1.54) is 6.40 Å². The third-order valence-electron chi connectivity index (χ3n) is 3.48. The van der Waals surface area contributed by atoms with Gasteiger partial charge in [0.2, 0.25) is 0 Å². The molecule has 1 rings (SSSR count). The summed E-state index contributed by atoms with van der Waals surface area (Å²) in [6.07, 6.45) is 1.48. The lowest BCUT2D eigenvalue weighted by Gasteiger charge is -2.41. The summed E-state index contributed by atoms with van der Waals surface area (Å²) in [4.78, 5) is 0. The first-order valence-electron chi connectivity index (χ1n) is 6.11. The van der Waals surface area contributed by atoms with E-state index < -0.39 is 8.32 Å². The van der Waals surface area contributed by atoms with E-state index in [1.807, 2.05) is 5.01 Å². The SMILES string of the molecule is CC[Si](CC)(CC)OC(C)(C)N1COC=N1. The Morgan fingerprint density at radius 1 is 1.31 bits per heavy atom. The Morgan fingerprint density at radius 2 is 1.88 bits per heavy atom. The van der Waals surface area contributed by atoms with Crippen molar-refractivity contribution in [1.29, 1.82) is 0 Å². The normalized spacial score (nSPS) is 16.7. The van der Waals surface area contributed by atoms with Gasteiger partial charge in [-0.05, 0) is 32.0 Å². The van der Waals surface area contributed by atoms with Crippen LogP contribution in [0.1, 0.15) is 34.6 Å². The Morgan fingerprint density at radius 3 is 2.25 bits per heavy atom. The highest BCUT2D eigenvalue weighted by atomic mass is 28.4. The summed E-state index contributed by atoms with van der Waals surface area (Å²) in [5, 5.41) is 6.05. The summed E-state index contributed by atoms with van der Waals surface area (Å²) in [5.41, 5.74) is -0.360. The number of rotatable bonds is 6. The minimum atomic E-state index is -1.59. The van der Waals surface area contributed by atoms with Crippen LogP contribution in [0.3, 0.4) is 0 Å². The molecule has 0 aliphatic carbocycles. The molecule has 1 heterocycles. The van der Waals surface area contributed by atoms with E-state index in [0.717, 1.165) is 18.1 Å². The summed E-state index contributed by atoms with van der Waals surface area (Å²) in [5.74, 6) is 0. The first-order valence-corrected chi connectivity index (χ1v) is 8.64. The molecule has 0 aromatic heterocycles. The zero-order chi connectivity index (χ0) is 12.2. The van der Waals surface area contributed by atoms with Crippen LogP contribution in [0.4, 0.5) is 0 Å². The minimum absolute atomic E-state index is 0.360. The molecule has 0 N–H and O–H groups in total. The highest BCUT2D eigenvalue weighted by molar-refractivity contribution is 6.73. The van der Waals surface area contributed by atoms with E-state index in [2.05, 4.69) is 39.7 Å². The van der Waals surface area contributed by atoms with Crippen LogP contribution >= 0.6 is 0 Å². The average Bonchev–Trinajstić information content (AvgIpc) is 2.80. The molecule has 16 heavy (non-hydrogen) atoms. The van der Waals surface area contributed by atoms with Gasteiger partial charge in [0.05, 0.1) is 0 Å². The minimum Gasteiger partial charge on any atom is -0.459 e. The van der Waals surface area contributed by atoms with Crippen LogP contribution in [0.25, 0.3) is 0 Å². The highest BCUT2D eigenvalue weighted by Crippen LogP contribution is 2.30. The molecular formula is C11H24N2O2Si. The molecule has 5 heteroatoms. The van der Waals surface area contributed by atoms with Gasteiger partial charge >= 0.3 is 0 Å². The molecule has 0 radical (unpaired) electrons. The van der Waals surface area contributed by atoms with Gasteiger partial charge in [0.1, 0.15) is 5.72 Å². The van der Waals surface area contributed by atoms with Crippen molar-refractivity contribution in [3.63, 3.8) is 0 Å². The Balaban J connectivity index is 2.72. The monoisotopic (exact) mass is 244 g/mol. The average molecular weight is 244 g/mol. The summed E-state index contributed by atoms with van der Waals surface area (Å²) in [6, 6.07) is 3.46. The number of hydrogen-bond acceptors (Lipinski definition) is 4. The molecule has 0 fully saturated rings. The van der Waals surface area contributed by atoms with Crippen LogP contribution in [-0.2, 0) is 9.16 Å². The van der Waals surface area contributed by atoms with Crippen molar-refractivity contribution in [2.24, 2.45) is 5.10 Å². The molecule has 94 valence electrons. The van der Waals surface area contributed by atoms with E-state index in [0.29, 0.717) is 6.73 Å². The predicted octanol–water partition coefficient (Wildman–Crippen LogP) is 2.98. The maximum Gasteiger partial charge on any atom is 0.195 e. The standard InChI is InChI=1S/C11H24N2O2Si/c1-6-16(7-2,8-3)15-11(4,5)13-10-14-9-12-13/h9H,6-8,10H2,1-5H3. The van der Waals surface area contributed by atoms with Crippen LogP contribution < -0.4 is 0 Å². The van der Waals surface area contributed by atoms with Crippen molar-refractivity contribution in [1.82, 2.24) is 5.01 Å². The van der Waals surface area contributed by atoms with Gasteiger partial charge in [-0.1, -0.05) is 20.8 Å². The van der Waals surface area contributed by atoms with Gasteiger partial charge in [-0.3, -0.25) is 0 Å². The predicted molar refractivity (Wildman–Crippen MR) is 68.6 cm³/mol. The smallest absolute Gasteiger partial charge is 0.195 e. The van der Waals surface area contributed by atoms with Gasteiger partial charge in [-0.15, -0.1) is 5.10 Å². The molecule has 1 aliphatic rings. The molecule has 0 bridgehead atoms. The molecular weight excluding hydrogens is 220 g/mol. The van der Waals surface area contributed by atoms with Crippen LogP contribution in [0.2, 0.25) is 18.1 Å². The largest absolute Gasteiger partial charge is 0.459 e. The molecule has 0 spiro atoms. The summed E-state index contributed by atoms with van der Waals surface area (Å²) in [6.45, 7) is 11.3. The van der Waals surface area contributed by atoms with E-state index in [-0.39, 0.29) is 5.72 Å². The zero-order valence-corrected chi connectivity index (χ0v) is 12.1.